The van der Waals surface area contributed by atoms with Crippen molar-refractivity contribution in [3.05, 3.63) is 70.7 Å². The number of furan rings is 1. The monoisotopic (exact) mass is 479 g/mol. The standard InChI is InChI=1S/C26H25NO6S/c1-26(2,3)22-14-34-23(27-22)21-12-17-10-18(8-9-20(17)33-21)32-13-16-7-5-4-6-15(16)11-19(24(28)29)25(30)31/h4-10,12,14,19H,11,13H2,1-3H3,(H,28,29)(H,30,31). The number of benzene rings is 2. The molecule has 0 radical (unpaired) electrons. The molecule has 0 aliphatic rings. The van der Waals surface area contributed by atoms with E-state index < -0.39 is 17.9 Å². The lowest BCUT2D eigenvalue weighted by molar-refractivity contribution is -0.154. The predicted octanol–water partition coefficient (Wildman–Crippen LogP) is 5.76. The molecule has 34 heavy (non-hydrogen) atoms. The van der Waals surface area contributed by atoms with Crippen LogP contribution in [0.15, 0.2) is 58.3 Å². The van der Waals surface area contributed by atoms with Crippen molar-refractivity contribution in [2.75, 3.05) is 0 Å². The Morgan fingerprint density at radius 3 is 2.41 bits per heavy atom. The molecule has 0 spiro atoms. The zero-order chi connectivity index (χ0) is 24.5. The quantitative estimate of drug-likeness (QED) is 0.309. The fourth-order valence-electron chi connectivity index (χ4n) is 3.51. The molecule has 176 valence electrons. The van der Waals surface area contributed by atoms with Gasteiger partial charge in [-0.2, -0.15) is 0 Å². The fraction of sp³-hybridized carbons (Fsp3) is 0.269. The predicted molar refractivity (Wildman–Crippen MR) is 129 cm³/mol. The summed E-state index contributed by atoms with van der Waals surface area (Å²) < 4.78 is 11.9. The van der Waals surface area contributed by atoms with Crippen molar-refractivity contribution in [2.24, 2.45) is 5.92 Å². The van der Waals surface area contributed by atoms with Gasteiger partial charge < -0.3 is 19.4 Å². The van der Waals surface area contributed by atoms with E-state index in [2.05, 4.69) is 20.8 Å². The Kier molecular flexibility index (Phi) is 6.43. The minimum atomic E-state index is -1.51. The lowest BCUT2D eigenvalue weighted by Gasteiger charge is -2.13. The molecule has 4 rings (SSSR count). The first-order valence-corrected chi connectivity index (χ1v) is 11.6. The van der Waals surface area contributed by atoms with Gasteiger partial charge in [0.15, 0.2) is 16.7 Å². The van der Waals surface area contributed by atoms with Crippen LogP contribution < -0.4 is 4.74 Å². The van der Waals surface area contributed by atoms with Crippen LogP contribution in [0, 0.1) is 5.92 Å². The van der Waals surface area contributed by atoms with Crippen molar-refractivity contribution in [3.63, 3.8) is 0 Å². The maximum Gasteiger partial charge on any atom is 0.318 e. The first kappa shape index (κ1) is 23.5. The highest BCUT2D eigenvalue weighted by Crippen LogP contribution is 2.34. The molecule has 0 amide bonds. The third-order valence-corrected chi connectivity index (χ3v) is 6.36. The number of hydrogen-bond donors (Lipinski definition) is 2. The summed E-state index contributed by atoms with van der Waals surface area (Å²) in [6.45, 7) is 6.54. The fourth-order valence-corrected chi connectivity index (χ4v) is 4.50. The minimum absolute atomic E-state index is 0.0347. The number of carbonyl (C=O) groups is 2. The Morgan fingerprint density at radius 1 is 1.06 bits per heavy atom. The van der Waals surface area contributed by atoms with Gasteiger partial charge in [-0.15, -0.1) is 11.3 Å². The molecule has 2 aromatic carbocycles. The van der Waals surface area contributed by atoms with Crippen LogP contribution in [0.4, 0.5) is 0 Å². The van der Waals surface area contributed by atoms with Gasteiger partial charge in [0.1, 0.15) is 17.9 Å². The largest absolute Gasteiger partial charge is 0.489 e. The van der Waals surface area contributed by atoms with Gasteiger partial charge >= 0.3 is 11.9 Å². The molecule has 0 atom stereocenters. The molecule has 0 unspecified atom stereocenters. The zero-order valence-corrected chi connectivity index (χ0v) is 19.9. The van der Waals surface area contributed by atoms with E-state index in [1.165, 1.54) is 0 Å². The normalized spacial score (nSPS) is 11.8. The van der Waals surface area contributed by atoms with Crippen LogP contribution in [-0.4, -0.2) is 27.1 Å². The van der Waals surface area contributed by atoms with Crippen molar-refractivity contribution < 1.29 is 29.0 Å². The van der Waals surface area contributed by atoms with E-state index in [4.69, 9.17) is 14.1 Å². The van der Waals surface area contributed by atoms with Crippen LogP contribution in [0.2, 0.25) is 0 Å². The summed E-state index contributed by atoms with van der Waals surface area (Å²) in [5, 5.41) is 22.2. The first-order valence-electron chi connectivity index (χ1n) is 10.8. The van der Waals surface area contributed by atoms with E-state index in [1.54, 1.807) is 35.6 Å². The second kappa shape index (κ2) is 9.30. The van der Waals surface area contributed by atoms with Crippen molar-refractivity contribution in [1.82, 2.24) is 4.98 Å². The SMILES string of the molecule is CC(C)(C)c1csc(-c2cc3cc(OCc4ccccc4CC(C(=O)O)C(=O)O)ccc3o2)n1. The van der Waals surface area contributed by atoms with Crippen LogP contribution in [0.25, 0.3) is 21.7 Å². The number of aliphatic carboxylic acids is 2. The van der Waals surface area contributed by atoms with Crippen LogP contribution in [0.5, 0.6) is 5.75 Å². The Bertz CT molecular complexity index is 1330. The Hall–Kier alpha value is -3.65. The average Bonchev–Trinajstić information content (AvgIpc) is 3.43. The molecule has 4 aromatic rings. The summed E-state index contributed by atoms with van der Waals surface area (Å²) in [6.07, 6.45) is -0.112. The second-order valence-corrected chi connectivity index (χ2v) is 9.95. The van der Waals surface area contributed by atoms with Gasteiger partial charge in [-0.25, -0.2) is 4.98 Å². The minimum Gasteiger partial charge on any atom is -0.489 e. The summed E-state index contributed by atoms with van der Waals surface area (Å²) in [4.78, 5) is 27.3. The van der Waals surface area contributed by atoms with E-state index in [1.807, 2.05) is 29.6 Å². The van der Waals surface area contributed by atoms with E-state index >= 15 is 0 Å². The number of fused-ring (bicyclic) bond motifs is 1. The molecule has 0 fully saturated rings. The lowest BCUT2D eigenvalue weighted by atomic mass is 9.93. The van der Waals surface area contributed by atoms with Crippen molar-refractivity contribution >= 4 is 34.2 Å². The number of nitrogens with zero attached hydrogens (tertiary/aromatic N) is 1. The molecule has 2 aromatic heterocycles. The highest BCUT2D eigenvalue weighted by Gasteiger charge is 2.27. The third-order valence-electron chi connectivity index (χ3n) is 5.50. The van der Waals surface area contributed by atoms with Gasteiger partial charge in [-0.1, -0.05) is 45.0 Å². The topological polar surface area (TPSA) is 110 Å². The first-order chi connectivity index (χ1) is 16.1. The third kappa shape index (κ3) is 5.12. The number of hydrogen-bond acceptors (Lipinski definition) is 6. The summed E-state index contributed by atoms with van der Waals surface area (Å²) in [6, 6.07) is 14.5. The molecule has 0 bridgehead atoms. The molecule has 0 saturated heterocycles. The summed E-state index contributed by atoms with van der Waals surface area (Å²) in [5.74, 6) is -2.91. The molecule has 2 heterocycles. The second-order valence-electron chi connectivity index (χ2n) is 9.09. The Balaban J connectivity index is 1.51. The van der Waals surface area contributed by atoms with Crippen LogP contribution in [0.3, 0.4) is 0 Å². The number of carboxylic acids is 2. The van der Waals surface area contributed by atoms with Gasteiger partial charge in [0.2, 0.25) is 0 Å². The summed E-state index contributed by atoms with van der Waals surface area (Å²) >= 11 is 1.55. The maximum absolute atomic E-state index is 11.3. The van der Waals surface area contributed by atoms with Crippen LogP contribution in [-0.2, 0) is 28.0 Å². The van der Waals surface area contributed by atoms with E-state index in [0.29, 0.717) is 17.1 Å². The van der Waals surface area contributed by atoms with Gasteiger partial charge in [-0.05, 0) is 41.8 Å². The van der Waals surface area contributed by atoms with E-state index in [9.17, 15) is 19.8 Å². The molecule has 8 heteroatoms. The van der Waals surface area contributed by atoms with Crippen LogP contribution >= 0.6 is 11.3 Å². The van der Waals surface area contributed by atoms with Crippen molar-refractivity contribution in [2.45, 2.75) is 39.2 Å². The average molecular weight is 480 g/mol. The van der Waals surface area contributed by atoms with Crippen LogP contribution in [0.1, 0.15) is 37.6 Å². The van der Waals surface area contributed by atoms with Crippen molar-refractivity contribution in [3.8, 4) is 16.5 Å². The van der Waals surface area contributed by atoms with Gasteiger partial charge in [-0.3, -0.25) is 9.59 Å². The molecular weight excluding hydrogens is 454 g/mol. The molecule has 0 aliphatic heterocycles. The summed E-state index contributed by atoms with van der Waals surface area (Å²) in [7, 11) is 0. The van der Waals surface area contributed by atoms with Crippen molar-refractivity contribution in [1.29, 1.82) is 0 Å². The molecule has 0 aliphatic carbocycles. The number of ether oxygens (including phenoxy) is 1. The number of aromatic nitrogens is 1. The Morgan fingerprint density at radius 2 is 1.76 bits per heavy atom. The number of rotatable bonds is 8. The van der Waals surface area contributed by atoms with Gasteiger partial charge in [0.25, 0.3) is 0 Å². The van der Waals surface area contributed by atoms with E-state index in [-0.39, 0.29) is 18.4 Å². The lowest BCUT2D eigenvalue weighted by Crippen LogP contribution is -2.26. The Labute approximate surface area is 200 Å². The molecule has 0 saturated carbocycles. The number of carboxylic acid groups (broad SMARTS) is 2. The zero-order valence-electron chi connectivity index (χ0n) is 19.1. The van der Waals surface area contributed by atoms with Gasteiger partial charge in [0, 0.05) is 16.2 Å². The smallest absolute Gasteiger partial charge is 0.318 e. The molecular formula is C26H25NO6S. The highest BCUT2D eigenvalue weighted by molar-refractivity contribution is 7.13. The van der Waals surface area contributed by atoms with Gasteiger partial charge in [0.05, 0.1) is 5.69 Å². The molecule has 7 nitrogen and oxygen atoms in total. The summed E-state index contributed by atoms with van der Waals surface area (Å²) in [5.41, 5.74) is 3.07. The highest BCUT2D eigenvalue weighted by atomic mass is 32.1. The molecule has 2 N–H and O–H groups in total. The number of thiazole rings is 1. The maximum atomic E-state index is 11.3. The van der Waals surface area contributed by atoms with E-state index in [0.717, 1.165) is 27.2 Å².